The van der Waals surface area contributed by atoms with Crippen LogP contribution in [0.5, 0.6) is 5.75 Å². The number of aromatic nitrogens is 1. The Hall–Kier alpha value is -4.40. The molecule has 4 aromatic carbocycles. The van der Waals surface area contributed by atoms with Crippen LogP contribution in [-0.4, -0.2) is 54.1 Å². The second kappa shape index (κ2) is 13.1. The largest absolute Gasteiger partial charge is 0.486 e. The molecule has 0 saturated carbocycles. The van der Waals surface area contributed by atoms with Gasteiger partial charge >= 0.3 is 0 Å². The van der Waals surface area contributed by atoms with Gasteiger partial charge in [0.15, 0.2) is 23.2 Å². The van der Waals surface area contributed by atoms with Crippen LogP contribution in [0.15, 0.2) is 91.0 Å². The van der Waals surface area contributed by atoms with Crippen molar-refractivity contribution in [3.63, 3.8) is 0 Å². The van der Waals surface area contributed by atoms with Crippen molar-refractivity contribution in [2.75, 3.05) is 44.6 Å². The van der Waals surface area contributed by atoms with Crippen LogP contribution in [0.25, 0.3) is 10.9 Å². The van der Waals surface area contributed by atoms with E-state index in [1.54, 1.807) is 13.0 Å². The Morgan fingerprint density at radius 1 is 0.773 bits per heavy atom. The lowest BCUT2D eigenvalue weighted by molar-refractivity contribution is 0.0964. The van der Waals surface area contributed by atoms with Crippen LogP contribution in [0.1, 0.15) is 28.4 Å². The van der Waals surface area contributed by atoms with Gasteiger partial charge in [0.05, 0.1) is 11.6 Å². The maximum absolute atomic E-state index is 15.7. The van der Waals surface area contributed by atoms with Crippen molar-refractivity contribution in [1.82, 2.24) is 14.8 Å². The third-order valence-electron chi connectivity index (χ3n) is 8.26. The average molecular weight is 597 g/mol. The number of benzene rings is 4. The Balaban J connectivity index is 1.13. The predicted molar refractivity (Wildman–Crippen MR) is 169 cm³/mol. The van der Waals surface area contributed by atoms with E-state index in [2.05, 4.69) is 68.6 Å². The minimum atomic E-state index is -1.09. The molecule has 8 heteroatoms. The molecule has 5 nitrogen and oxygen atoms in total. The Morgan fingerprint density at radius 2 is 1.39 bits per heavy atom. The number of pyridine rings is 1. The van der Waals surface area contributed by atoms with Crippen LogP contribution in [0, 0.1) is 31.3 Å². The van der Waals surface area contributed by atoms with Gasteiger partial charge in [-0.05, 0) is 37.1 Å². The summed E-state index contributed by atoms with van der Waals surface area (Å²) in [6, 6.07) is 30.1. The number of piperazine rings is 1. The first kappa shape index (κ1) is 29.7. The highest BCUT2D eigenvalue weighted by Gasteiger charge is 2.28. The predicted octanol–water partition coefficient (Wildman–Crippen LogP) is 7.80. The monoisotopic (exact) mass is 596 g/mol. The highest BCUT2D eigenvalue weighted by molar-refractivity contribution is 5.93. The van der Waals surface area contributed by atoms with Crippen LogP contribution in [-0.2, 0) is 0 Å². The van der Waals surface area contributed by atoms with E-state index in [1.165, 1.54) is 18.1 Å². The van der Waals surface area contributed by atoms with Gasteiger partial charge in [0.1, 0.15) is 12.3 Å². The normalized spacial score (nSPS) is 14.3. The molecule has 0 atom stereocenters. The molecule has 44 heavy (non-hydrogen) atoms. The zero-order valence-corrected chi connectivity index (χ0v) is 24.9. The molecule has 1 aliphatic rings. The van der Waals surface area contributed by atoms with E-state index in [4.69, 9.17) is 4.74 Å². The molecule has 5 aromatic rings. The Kier molecular flexibility index (Phi) is 8.82. The Morgan fingerprint density at radius 3 is 2.05 bits per heavy atom. The van der Waals surface area contributed by atoms with E-state index in [0.29, 0.717) is 28.8 Å². The first-order chi connectivity index (χ1) is 21.4. The molecule has 1 fully saturated rings. The molecular formula is C36H35F3N4O. The molecule has 0 radical (unpaired) electrons. The smallest absolute Gasteiger partial charge is 0.194 e. The number of nitrogens with one attached hydrogen (secondary N) is 1. The van der Waals surface area contributed by atoms with Crippen molar-refractivity contribution in [1.29, 1.82) is 0 Å². The van der Waals surface area contributed by atoms with Gasteiger partial charge in [0.25, 0.3) is 0 Å². The Labute approximate surface area is 255 Å². The Bertz CT molecular complexity index is 1700. The second-order valence-corrected chi connectivity index (χ2v) is 11.2. The van der Waals surface area contributed by atoms with Gasteiger partial charge in [-0.2, -0.15) is 0 Å². The highest BCUT2D eigenvalue weighted by Crippen LogP contribution is 2.37. The molecule has 226 valence electrons. The van der Waals surface area contributed by atoms with E-state index in [0.717, 1.165) is 26.2 Å². The average Bonchev–Trinajstić information content (AvgIpc) is 3.05. The number of halogens is 3. The lowest BCUT2D eigenvalue weighted by Crippen LogP contribution is -2.48. The van der Waals surface area contributed by atoms with E-state index < -0.39 is 28.9 Å². The number of fused-ring (bicyclic) bond motifs is 1. The van der Waals surface area contributed by atoms with Crippen molar-refractivity contribution < 1.29 is 17.9 Å². The summed E-state index contributed by atoms with van der Waals surface area (Å²) in [5.74, 6) is -3.69. The van der Waals surface area contributed by atoms with Gasteiger partial charge in [-0.1, -0.05) is 78.9 Å². The third-order valence-corrected chi connectivity index (χ3v) is 8.26. The van der Waals surface area contributed by atoms with Gasteiger partial charge in [-0.25, -0.2) is 13.2 Å². The zero-order valence-electron chi connectivity index (χ0n) is 24.9. The molecule has 1 N–H and O–H groups in total. The number of hydrogen-bond donors (Lipinski definition) is 1. The fourth-order valence-electron chi connectivity index (χ4n) is 5.95. The quantitative estimate of drug-likeness (QED) is 0.188. The summed E-state index contributed by atoms with van der Waals surface area (Å²) in [6.45, 7) is 6.88. The summed E-state index contributed by atoms with van der Waals surface area (Å²) in [5.41, 5.74) is 3.58. The lowest BCUT2D eigenvalue weighted by atomic mass is 9.96. The fraction of sp³-hybridized carbons (Fsp3) is 0.250. The number of nitrogens with zero attached hydrogens (tertiary/aromatic N) is 3. The molecule has 0 bridgehead atoms. The van der Waals surface area contributed by atoms with Crippen LogP contribution < -0.4 is 10.1 Å². The van der Waals surface area contributed by atoms with E-state index in [1.807, 2.05) is 36.4 Å². The molecule has 0 spiro atoms. The van der Waals surface area contributed by atoms with Crippen LogP contribution in [0.3, 0.4) is 0 Å². The van der Waals surface area contributed by atoms with Crippen molar-refractivity contribution in [3.8, 4) is 5.75 Å². The van der Waals surface area contributed by atoms with Crippen LogP contribution in [0.2, 0.25) is 0 Å². The summed E-state index contributed by atoms with van der Waals surface area (Å²) in [6.07, 6.45) is 0. The third kappa shape index (κ3) is 6.14. The van der Waals surface area contributed by atoms with E-state index >= 15 is 13.2 Å². The highest BCUT2D eigenvalue weighted by atomic mass is 19.1. The van der Waals surface area contributed by atoms with Crippen LogP contribution >= 0.6 is 0 Å². The zero-order chi connectivity index (χ0) is 30.6. The lowest BCUT2D eigenvalue weighted by Gasteiger charge is -2.39. The topological polar surface area (TPSA) is 40.6 Å². The van der Waals surface area contributed by atoms with Gasteiger partial charge < -0.3 is 10.1 Å². The second-order valence-electron chi connectivity index (χ2n) is 11.2. The van der Waals surface area contributed by atoms with Gasteiger partial charge in [-0.15, -0.1) is 0 Å². The summed E-state index contributed by atoms with van der Waals surface area (Å²) in [4.78, 5) is 9.17. The molecule has 0 amide bonds. The SMILES string of the molecule is Cc1cc(Nc2c(F)c(C)c(F)c(OCCN3CCN(C(c4ccccc4)c4ccccc4)CC3)c2F)c2ccccc2n1. The first-order valence-corrected chi connectivity index (χ1v) is 14.9. The molecule has 1 aromatic heterocycles. The van der Waals surface area contributed by atoms with Crippen molar-refractivity contribution >= 4 is 22.3 Å². The molecule has 6 rings (SSSR count). The number of aryl methyl sites for hydroxylation is 1. The summed E-state index contributed by atoms with van der Waals surface area (Å²) in [7, 11) is 0. The molecule has 0 unspecified atom stereocenters. The maximum Gasteiger partial charge on any atom is 0.194 e. The van der Waals surface area contributed by atoms with Gasteiger partial charge in [0.2, 0.25) is 0 Å². The number of hydrogen-bond acceptors (Lipinski definition) is 5. The minimum Gasteiger partial charge on any atom is -0.486 e. The van der Waals surface area contributed by atoms with E-state index in [9.17, 15) is 0 Å². The van der Waals surface area contributed by atoms with Gasteiger partial charge in [0, 0.05) is 55.1 Å². The first-order valence-electron chi connectivity index (χ1n) is 14.9. The number of rotatable bonds is 9. The van der Waals surface area contributed by atoms with Crippen molar-refractivity contribution in [3.05, 3.63) is 131 Å². The summed E-state index contributed by atoms with van der Waals surface area (Å²) in [5, 5.41) is 3.56. The fourth-order valence-corrected chi connectivity index (χ4v) is 5.95. The molecule has 1 saturated heterocycles. The van der Waals surface area contributed by atoms with Crippen LogP contribution in [0.4, 0.5) is 24.5 Å². The molecular weight excluding hydrogens is 561 g/mol. The number of ether oxygens (including phenoxy) is 1. The number of anilines is 2. The molecule has 0 aliphatic carbocycles. The van der Waals surface area contributed by atoms with Gasteiger partial charge in [-0.3, -0.25) is 14.8 Å². The number of para-hydroxylation sites is 1. The summed E-state index contributed by atoms with van der Waals surface area (Å²) < 4.78 is 51.7. The standard InChI is InChI=1S/C36H35F3N4O/c1-24-23-30(28-15-9-10-16-29(28)40-24)41-34-31(37)25(2)32(38)36(33(34)39)44-22-21-42-17-19-43(20-18-42)35(26-11-5-3-6-12-26)27-13-7-4-8-14-27/h3-16,23,35H,17-22H2,1-2H3,(H,40,41). The van der Waals surface area contributed by atoms with E-state index in [-0.39, 0.29) is 18.2 Å². The molecule has 2 heterocycles. The maximum atomic E-state index is 15.7. The van der Waals surface area contributed by atoms with Crippen molar-refractivity contribution in [2.24, 2.45) is 0 Å². The molecule has 1 aliphatic heterocycles. The van der Waals surface area contributed by atoms with Crippen molar-refractivity contribution in [2.45, 2.75) is 19.9 Å². The summed E-state index contributed by atoms with van der Waals surface area (Å²) >= 11 is 0. The minimum absolute atomic E-state index is 0.0659.